The number of esters is 2. The fourth-order valence-electron chi connectivity index (χ4n) is 2.42. The van der Waals surface area contributed by atoms with Gasteiger partial charge < -0.3 is 14.2 Å². The van der Waals surface area contributed by atoms with Crippen LogP contribution in [0.15, 0.2) is 54.1 Å². The van der Waals surface area contributed by atoms with Crippen molar-refractivity contribution in [3.63, 3.8) is 0 Å². The number of methoxy groups -OCH3 is 1. The average Bonchev–Trinajstić information content (AvgIpc) is 2.77. The lowest BCUT2D eigenvalue weighted by Crippen LogP contribution is -2.06. The number of rotatable bonds is 8. The summed E-state index contributed by atoms with van der Waals surface area (Å²) in [6.45, 7) is 1.77. The predicted molar refractivity (Wildman–Crippen MR) is 111 cm³/mol. The summed E-state index contributed by atoms with van der Waals surface area (Å²) in [6, 6.07) is 12.0. The van der Waals surface area contributed by atoms with Crippen molar-refractivity contribution in [3.8, 4) is 17.6 Å². The van der Waals surface area contributed by atoms with E-state index in [1.807, 2.05) is 0 Å². The molecule has 31 heavy (non-hydrogen) atoms. The van der Waals surface area contributed by atoms with E-state index >= 15 is 0 Å². The van der Waals surface area contributed by atoms with Crippen molar-refractivity contribution >= 4 is 29.8 Å². The number of nitrogens with zero attached hydrogens (tertiary/aromatic N) is 2. The van der Waals surface area contributed by atoms with Gasteiger partial charge in [0.25, 0.3) is 5.69 Å². The van der Waals surface area contributed by atoms with E-state index in [2.05, 4.69) is 0 Å². The minimum atomic E-state index is -0.745. The average molecular weight is 422 g/mol. The van der Waals surface area contributed by atoms with Crippen LogP contribution >= 0.6 is 0 Å². The van der Waals surface area contributed by atoms with Crippen LogP contribution in [0.25, 0.3) is 12.2 Å². The summed E-state index contributed by atoms with van der Waals surface area (Å²) in [6.07, 6.45) is 3.84. The van der Waals surface area contributed by atoms with Gasteiger partial charge in [-0.05, 0) is 42.3 Å². The number of ether oxygens (including phenoxy) is 3. The van der Waals surface area contributed by atoms with Gasteiger partial charge in [-0.3, -0.25) is 10.1 Å². The van der Waals surface area contributed by atoms with Gasteiger partial charge in [0.15, 0.2) is 11.5 Å². The third kappa shape index (κ3) is 6.54. The summed E-state index contributed by atoms with van der Waals surface area (Å²) in [5.74, 6) is -1.15. The third-order valence-corrected chi connectivity index (χ3v) is 3.82. The van der Waals surface area contributed by atoms with Crippen molar-refractivity contribution in [1.29, 1.82) is 5.26 Å². The molecule has 0 bridgehead atoms. The van der Waals surface area contributed by atoms with Crippen molar-refractivity contribution in [3.05, 3.63) is 75.4 Å². The van der Waals surface area contributed by atoms with Crippen molar-refractivity contribution in [1.82, 2.24) is 0 Å². The molecule has 0 aliphatic heterocycles. The molecule has 0 N–H and O–H groups in total. The highest BCUT2D eigenvalue weighted by Gasteiger charge is 2.13. The van der Waals surface area contributed by atoms with E-state index in [9.17, 15) is 19.7 Å². The third-order valence-electron chi connectivity index (χ3n) is 3.82. The van der Waals surface area contributed by atoms with Crippen molar-refractivity contribution in [2.45, 2.75) is 6.92 Å². The molecule has 0 heterocycles. The molecule has 0 aliphatic rings. The number of carbonyl (C=O) groups excluding carboxylic acids is 2. The van der Waals surface area contributed by atoms with Crippen LogP contribution in [0.5, 0.6) is 11.5 Å². The van der Waals surface area contributed by atoms with E-state index in [1.54, 1.807) is 19.1 Å². The van der Waals surface area contributed by atoms with Gasteiger partial charge in [0.05, 0.1) is 18.6 Å². The molecule has 0 atom stereocenters. The summed E-state index contributed by atoms with van der Waals surface area (Å²) >= 11 is 0. The number of hydrogen-bond acceptors (Lipinski definition) is 8. The summed E-state index contributed by atoms with van der Waals surface area (Å²) in [5.41, 5.74) is 0.643. The molecule has 0 amide bonds. The highest BCUT2D eigenvalue weighted by Crippen LogP contribution is 2.29. The Morgan fingerprint density at radius 3 is 2.58 bits per heavy atom. The first-order valence-electron chi connectivity index (χ1n) is 8.99. The van der Waals surface area contributed by atoms with E-state index in [-0.39, 0.29) is 29.4 Å². The summed E-state index contributed by atoms with van der Waals surface area (Å²) < 4.78 is 15.3. The van der Waals surface area contributed by atoms with Crippen LogP contribution in [0, 0.1) is 21.4 Å². The maximum Gasteiger partial charge on any atom is 0.348 e. The molecule has 0 spiro atoms. The minimum absolute atomic E-state index is 0.0969. The SMILES string of the molecule is CCOC(=O)/C(C#N)=C/c1ccc(OC(=O)/C=C/c2cccc([N+](=O)[O-])c2)c(OC)c1. The monoisotopic (exact) mass is 422 g/mol. The maximum atomic E-state index is 12.1. The van der Waals surface area contributed by atoms with Gasteiger partial charge in [-0.1, -0.05) is 18.2 Å². The normalized spacial score (nSPS) is 10.9. The Morgan fingerprint density at radius 2 is 1.94 bits per heavy atom. The minimum Gasteiger partial charge on any atom is -0.493 e. The molecule has 0 unspecified atom stereocenters. The van der Waals surface area contributed by atoms with E-state index in [0.717, 1.165) is 6.08 Å². The topological polar surface area (TPSA) is 129 Å². The second-order valence-electron chi connectivity index (χ2n) is 5.91. The lowest BCUT2D eigenvalue weighted by Gasteiger charge is -2.09. The Labute approximate surface area is 177 Å². The molecule has 9 heteroatoms. The zero-order valence-corrected chi connectivity index (χ0v) is 16.7. The quantitative estimate of drug-likeness (QED) is 0.157. The molecule has 2 aromatic carbocycles. The standard InChI is InChI=1S/C22H18N2O7/c1-3-30-22(26)17(14-23)11-16-7-9-19(20(13-16)29-2)31-21(25)10-8-15-5-4-6-18(12-15)24(27)28/h4-13H,3H2,1-2H3/b10-8+,17-11+. The Bertz CT molecular complexity index is 1100. The molecule has 0 aromatic heterocycles. The Balaban J connectivity index is 2.17. The molecule has 0 aliphatic carbocycles. The van der Waals surface area contributed by atoms with Gasteiger partial charge >= 0.3 is 11.9 Å². The fourth-order valence-corrected chi connectivity index (χ4v) is 2.42. The van der Waals surface area contributed by atoms with Gasteiger partial charge in [0.2, 0.25) is 0 Å². The van der Waals surface area contributed by atoms with Crippen molar-refractivity contribution in [2.75, 3.05) is 13.7 Å². The first kappa shape index (κ1) is 22.8. The molecule has 9 nitrogen and oxygen atoms in total. The van der Waals surface area contributed by atoms with Gasteiger partial charge in [0.1, 0.15) is 11.6 Å². The molecule has 2 aromatic rings. The summed E-state index contributed by atoms with van der Waals surface area (Å²) in [7, 11) is 1.37. The highest BCUT2D eigenvalue weighted by molar-refractivity contribution is 5.98. The number of nitro groups is 1. The molecule has 158 valence electrons. The van der Waals surface area contributed by atoms with E-state index in [0.29, 0.717) is 11.1 Å². The van der Waals surface area contributed by atoms with Crippen molar-refractivity contribution < 1.29 is 28.7 Å². The Hall–Kier alpha value is -4.45. The first-order valence-corrected chi connectivity index (χ1v) is 8.99. The smallest absolute Gasteiger partial charge is 0.348 e. The number of nitriles is 1. The molecular weight excluding hydrogens is 404 g/mol. The lowest BCUT2D eigenvalue weighted by molar-refractivity contribution is -0.384. The maximum absolute atomic E-state index is 12.1. The van der Waals surface area contributed by atoms with Gasteiger partial charge in [-0.25, -0.2) is 9.59 Å². The van der Waals surface area contributed by atoms with E-state index in [4.69, 9.17) is 19.5 Å². The second kappa shape index (κ2) is 10.9. The summed E-state index contributed by atoms with van der Waals surface area (Å²) in [4.78, 5) is 34.1. The highest BCUT2D eigenvalue weighted by atomic mass is 16.6. The molecule has 2 rings (SSSR count). The zero-order chi connectivity index (χ0) is 22.8. The van der Waals surface area contributed by atoms with Crippen LogP contribution in [0.4, 0.5) is 5.69 Å². The Kier molecular flexibility index (Phi) is 8.04. The van der Waals surface area contributed by atoms with Crippen LogP contribution in [0.1, 0.15) is 18.1 Å². The van der Waals surface area contributed by atoms with Crippen LogP contribution in [0.2, 0.25) is 0 Å². The summed E-state index contributed by atoms with van der Waals surface area (Å²) in [5, 5.41) is 19.9. The fraction of sp³-hybridized carbons (Fsp3) is 0.136. The number of nitro benzene ring substituents is 1. The predicted octanol–water partition coefficient (Wildman–Crippen LogP) is 3.69. The molecule has 0 fully saturated rings. The lowest BCUT2D eigenvalue weighted by atomic mass is 10.1. The van der Waals surface area contributed by atoms with Crippen LogP contribution in [-0.4, -0.2) is 30.6 Å². The van der Waals surface area contributed by atoms with Crippen LogP contribution < -0.4 is 9.47 Å². The number of hydrogen-bond donors (Lipinski definition) is 0. The van der Waals surface area contributed by atoms with Crippen molar-refractivity contribution in [2.24, 2.45) is 0 Å². The van der Waals surface area contributed by atoms with Gasteiger partial charge in [0, 0.05) is 18.2 Å². The molecular formula is C22H18N2O7. The number of benzene rings is 2. The molecule has 0 radical (unpaired) electrons. The van der Waals surface area contributed by atoms with Gasteiger partial charge in [-0.15, -0.1) is 0 Å². The molecule has 0 saturated carbocycles. The van der Waals surface area contributed by atoms with E-state index < -0.39 is 16.9 Å². The molecule has 0 saturated heterocycles. The van der Waals surface area contributed by atoms with Gasteiger partial charge in [-0.2, -0.15) is 5.26 Å². The van der Waals surface area contributed by atoms with E-state index in [1.165, 1.54) is 55.7 Å². The zero-order valence-electron chi connectivity index (χ0n) is 16.7. The number of carbonyl (C=O) groups is 2. The largest absolute Gasteiger partial charge is 0.493 e. The van der Waals surface area contributed by atoms with Crippen LogP contribution in [0.3, 0.4) is 0 Å². The van der Waals surface area contributed by atoms with Crippen LogP contribution in [-0.2, 0) is 14.3 Å². The second-order valence-corrected chi connectivity index (χ2v) is 5.91. The number of non-ortho nitro benzene ring substituents is 1. The first-order chi connectivity index (χ1) is 14.9. The Morgan fingerprint density at radius 1 is 1.16 bits per heavy atom.